The van der Waals surface area contributed by atoms with Crippen molar-refractivity contribution in [2.45, 2.75) is 25.8 Å². The first-order chi connectivity index (χ1) is 16.9. The van der Waals surface area contributed by atoms with E-state index in [4.69, 9.17) is 0 Å². The highest BCUT2D eigenvalue weighted by Crippen LogP contribution is 2.34. The van der Waals surface area contributed by atoms with Gasteiger partial charge in [0.05, 0.1) is 21.4 Å². The van der Waals surface area contributed by atoms with Crippen molar-refractivity contribution in [3.05, 3.63) is 103 Å². The number of hydrogen-bond donors (Lipinski definition) is 3. The van der Waals surface area contributed by atoms with Crippen molar-refractivity contribution in [3.8, 4) is 17.2 Å². The van der Waals surface area contributed by atoms with Gasteiger partial charge >= 0.3 is 6.18 Å². The molecule has 0 heterocycles. The SMILES string of the molecule is O=S(=O)([O-])c1ccccc1C(F)(F)F.Oc1ccc([S+](c2ccc(O)cc2)c2ccc(O)cc2)cc1. The van der Waals surface area contributed by atoms with E-state index in [2.05, 4.69) is 0 Å². The third-order valence-corrected chi connectivity index (χ3v) is 7.80. The lowest BCUT2D eigenvalue weighted by atomic mass is 10.2. The van der Waals surface area contributed by atoms with Gasteiger partial charge in [-0.25, -0.2) is 8.42 Å². The lowest BCUT2D eigenvalue weighted by Crippen LogP contribution is -2.12. The Bertz CT molecular complexity index is 1300. The van der Waals surface area contributed by atoms with Gasteiger partial charge in [-0.15, -0.1) is 0 Å². The molecule has 0 spiro atoms. The summed E-state index contributed by atoms with van der Waals surface area (Å²) in [5.41, 5.74) is -1.44. The van der Waals surface area contributed by atoms with Gasteiger partial charge in [-0.3, -0.25) is 0 Å². The van der Waals surface area contributed by atoms with Gasteiger partial charge < -0.3 is 19.9 Å². The minimum absolute atomic E-state index is 0.226. The van der Waals surface area contributed by atoms with Crippen LogP contribution in [0.1, 0.15) is 5.56 Å². The maximum absolute atomic E-state index is 12.2. The van der Waals surface area contributed by atoms with Gasteiger partial charge in [-0.05, 0) is 84.9 Å². The quantitative estimate of drug-likeness (QED) is 0.234. The smallest absolute Gasteiger partial charge is 0.417 e. The minimum atomic E-state index is -5.09. The standard InChI is InChI=1S/C18H14O3S.C7H5F3O3S/c19-13-1-7-16(8-2-13)22(17-9-3-14(20)4-10-17)18-11-5-15(21)6-12-18;8-7(9,10)5-3-1-2-4-6(5)14(11,12)13/h1-12H,(H2-,19,20,21);1-4H,(H,11,12,13). The molecule has 0 amide bonds. The summed E-state index contributed by atoms with van der Waals surface area (Å²) in [4.78, 5) is 1.91. The van der Waals surface area contributed by atoms with Gasteiger partial charge in [0.1, 0.15) is 27.4 Å². The van der Waals surface area contributed by atoms with Crippen molar-refractivity contribution >= 4 is 21.0 Å². The van der Waals surface area contributed by atoms with Crippen molar-refractivity contribution in [1.29, 1.82) is 0 Å². The Kier molecular flexibility index (Phi) is 8.18. The van der Waals surface area contributed by atoms with E-state index in [1.807, 2.05) is 36.4 Å². The molecule has 4 aromatic carbocycles. The number of halogens is 3. The van der Waals surface area contributed by atoms with Crippen LogP contribution in [0.25, 0.3) is 0 Å². The Hall–Kier alpha value is -3.67. The second kappa shape index (κ2) is 10.9. The Morgan fingerprint density at radius 1 is 0.611 bits per heavy atom. The van der Waals surface area contributed by atoms with E-state index in [0.717, 1.165) is 26.8 Å². The van der Waals surface area contributed by atoms with Gasteiger partial charge in [0.15, 0.2) is 14.7 Å². The second-order valence-corrected chi connectivity index (χ2v) is 10.6. The van der Waals surface area contributed by atoms with Crippen LogP contribution in [0, 0.1) is 0 Å². The molecule has 0 atom stereocenters. The number of rotatable bonds is 4. The molecule has 0 saturated heterocycles. The monoisotopic (exact) mass is 536 g/mol. The molecule has 188 valence electrons. The van der Waals surface area contributed by atoms with Crippen LogP contribution in [0.5, 0.6) is 17.2 Å². The van der Waals surface area contributed by atoms with Crippen molar-refractivity contribution in [2.75, 3.05) is 0 Å². The van der Waals surface area contributed by atoms with Crippen molar-refractivity contribution in [3.63, 3.8) is 0 Å². The maximum Gasteiger partial charge on any atom is 0.417 e. The molecule has 0 saturated carbocycles. The summed E-state index contributed by atoms with van der Waals surface area (Å²) in [5.74, 6) is 0.677. The maximum atomic E-state index is 12.2. The predicted molar refractivity (Wildman–Crippen MR) is 126 cm³/mol. The average molecular weight is 537 g/mol. The molecule has 0 radical (unpaired) electrons. The van der Waals surface area contributed by atoms with E-state index in [1.165, 1.54) is 0 Å². The Morgan fingerprint density at radius 3 is 1.22 bits per heavy atom. The number of hydrogen-bond acceptors (Lipinski definition) is 6. The Balaban J connectivity index is 0.000000223. The molecule has 6 nitrogen and oxygen atoms in total. The van der Waals surface area contributed by atoms with Crippen LogP contribution in [0.15, 0.2) is 117 Å². The van der Waals surface area contributed by atoms with Crippen molar-refractivity contribution in [1.82, 2.24) is 0 Å². The molecule has 11 heteroatoms. The summed E-state index contributed by atoms with van der Waals surface area (Å²) in [5, 5.41) is 28.5. The largest absolute Gasteiger partial charge is 0.744 e. The van der Waals surface area contributed by atoms with Crippen LogP contribution in [0.3, 0.4) is 0 Å². The third-order valence-electron chi connectivity index (χ3n) is 4.68. The summed E-state index contributed by atoms with van der Waals surface area (Å²) in [6, 6.07) is 24.5. The zero-order valence-electron chi connectivity index (χ0n) is 18.3. The van der Waals surface area contributed by atoms with Gasteiger partial charge in [-0.1, -0.05) is 12.1 Å². The van der Waals surface area contributed by atoms with Gasteiger partial charge in [-0.2, -0.15) is 13.2 Å². The van der Waals surface area contributed by atoms with Crippen LogP contribution in [-0.2, 0) is 27.2 Å². The summed E-state index contributed by atoms with van der Waals surface area (Å²) in [7, 11) is -5.46. The minimum Gasteiger partial charge on any atom is -0.744 e. The van der Waals surface area contributed by atoms with Gasteiger partial charge in [0.2, 0.25) is 0 Å². The second-order valence-electron chi connectivity index (χ2n) is 7.24. The number of aromatic hydroxyl groups is 3. The molecule has 0 aromatic heterocycles. The molecule has 0 unspecified atom stereocenters. The molecule has 0 bridgehead atoms. The van der Waals surface area contributed by atoms with Crippen molar-refractivity contribution < 1.29 is 41.5 Å². The molecule has 4 aromatic rings. The van der Waals surface area contributed by atoms with E-state index in [1.54, 1.807) is 36.4 Å². The van der Waals surface area contributed by atoms with Crippen LogP contribution in [0.4, 0.5) is 13.2 Å². The molecule has 36 heavy (non-hydrogen) atoms. The highest BCUT2D eigenvalue weighted by atomic mass is 32.2. The van der Waals surface area contributed by atoms with E-state index in [-0.39, 0.29) is 28.1 Å². The van der Waals surface area contributed by atoms with Crippen molar-refractivity contribution in [2.24, 2.45) is 0 Å². The first-order valence-corrected chi connectivity index (χ1v) is 12.7. The zero-order chi connectivity index (χ0) is 26.5. The van der Waals surface area contributed by atoms with Crippen LogP contribution in [-0.4, -0.2) is 28.3 Å². The summed E-state index contributed by atoms with van der Waals surface area (Å²) in [6.45, 7) is 0. The fourth-order valence-electron chi connectivity index (χ4n) is 3.07. The highest BCUT2D eigenvalue weighted by molar-refractivity contribution is 7.97. The topological polar surface area (TPSA) is 118 Å². The molecule has 0 aliphatic carbocycles. The number of alkyl halides is 3. The predicted octanol–water partition coefficient (Wildman–Crippen LogP) is 5.51. The van der Waals surface area contributed by atoms with Gasteiger partial charge in [0.25, 0.3) is 0 Å². The first kappa shape index (κ1) is 26.9. The molecular formula is C25H19F3O6S2. The highest BCUT2D eigenvalue weighted by Gasteiger charge is 2.34. The number of benzene rings is 4. The molecular weight excluding hydrogens is 517 g/mol. The summed E-state index contributed by atoms with van der Waals surface area (Å²) >= 11 is 0. The van der Waals surface area contributed by atoms with E-state index in [9.17, 15) is 41.5 Å². The Morgan fingerprint density at radius 2 is 0.944 bits per heavy atom. The fraction of sp³-hybridized carbons (Fsp3) is 0.0400. The van der Waals surface area contributed by atoms with Crippen LogP contribution in [0.2, 0.25) is 0 Å². The van der Waals surface area contributed by atoms with Crippen LogP contribution >= 0.6 is 0 Å². The first-order valence-electron chi connectivity index (χ1n) is 10.1. The van der Waals surface area contributed by atoms with Crippen LogP contribution < -0.4 is 0 Å². The lowest BCUT2D eigenvalue weighted by Gasteiger charge is -2.14. The lowest BCUT2D eigenvalue weighted by molar-refractivity contribution is -0.140. The fourth-order valence-corrected chi connectivity index (χ4v) is 5.81. The summed E-state index contributed by atoms with van der Waals surface area (Å²) in [6.07, 6.45) is -4.84. The molecule has 3 N–H and O–H groups in total. The normalized spacial score (nSPS) is 11.6. The number of phenolic OH excluding ortho intramolecular Hbond substituents is 3. The number of phenols is 3. The molecule has 0 aliphatic heterocycles. The molecule has 0 aliphatic rings. The zero-order valence-corrected chi connectivity index (χ0v) is 19.9. The van der Waals surface area contributed by atoms with E-state index < -0.39 is 26.8 Å². The van der Waals surface area contributed by atoms with Gasteiger partial charge in [0, 0.05) is 0 Å². The van der Waals surface area contributed by atoms with E-state index >= 15 is 0 Å². The Labute approximate surface area is 208 Å². The van der Waals surface area contributed by atoms with E-state index in [0.29, 0.717) is 12.1 Å². The summed E-state index contributed by atoms with van der Waals surface area (Å²) < 4.78 is 67.9. The molecule has 0 fully saturated rings. The molecule has 4 rings (SSSR count). The third kappa shape index (κ3) is 6.94. The average Bonchev–Trinajstić information content (AvgIpc) is 2.82.